The van der Waals surface area contributed by atoms with Crippen molar-refractivity contribution >= 4 is 5.82 Å². The van der Waals surface area contributed by atoms with Crippen LogP contribution in [-0.4, -0.2) is 43.3 Å². The molecule has 0 unspecified atom stereocenters. The minimum absolute atomic E-state index is 0.215. The molecule has 92 valence electrons. The lowest BCUT2D eigenvalue weighted by Crippen LogP contribution is -2.28. The Morgan fingerprint density at radius 2 is 2.12 bits per heavy atom. The number of hydrogen-bond donors (Lipinski definition) is 2. The molecule has 6 heteroatoms. The molecule has 2 aliphatic heterocycles. The van der Waals surface area contributed by atoms with Crippen LogP contribution in [0.2, 0.25) is 0 Å². The molecule has 0 aliphatic carbocycles. The van der Waals surface area contributed by atoms with E-state index in [1.165, 1.54) is 13.4 Å². The number of aromatic amines is 1. The van der Waals surface area contributed by atoms with Crippen LogP contribution < -0.4 is 20.5 Å². The fourth-order valence-corrected chi connectivity index (χ4v) is 2.82. The summed E-state index contributed by atoms with van der Waals surface area (Å²) in [7, 11) is 1.51. The van der Waals surface area contributed by atoms with Gasteiger partial charge in [-0.2, -0.15) is 0 Å². The van der Waals surface area contributed by atoms with Gasteiger partial charge >= 0.3 is 0 Å². The molecule has 0 amide bonds. The Bertz CT molecular complexity index is 461. The van der Waals surface area contributed by atoms with E-state index in [0.29, 0.717) is 23.4 Å². The Kier molecular flexibility index (Phi) is 2.51. The van der Waals surface area contributed by atoms with Crippen LogP contribution in [-0.2, 0) is 0 Å². The lowest BCUT2D eigenvalue weighted by Gasteiger charge is -2.19. The highest BCUT2D eigenvalue weighted by Crippen LogP contribution is 2.32. The van der Waals surface area contributed by atoms with E-state index in [9.17, 15) is 4.79 Å². The summed E-state index contributed by atoms with van der Waals surface area (Å²) < 4.78 is 5.15. The predicted octanol–water partition coefficient (Wildman–Crippen LogP) is -0.566. The molecule has 2 atom stereocenters. The van der Waals surface area contributed by atoms with Gasteiger partial charge in [-0.25, -0.2) is 4.98 Å². The van der Waals surface area contributed by atoms with E-state index in [-0.39, 0.29) is 5.56 Å². The Balaban J connectivity index is 1.90. The zero-order chi connectivity index (χ0) is 11.8. The average molecular weight is 236 g/mol. The number of hydrogen-bond acceptors (Lipinski definition) is 5. The molecule has 0 saturated carbocycles. The molecule has 1 aromatic rings. The zero-order valence-corrected chi connectivity index (χ0v) is 9.77. The summed E-state index contributed by atoms with van der Waals surface area (Å²) in [5, 5.41) is 3.39. The van der Waals surface area contributed by atoms with E-state index in [1.54, 1.807) is 0 Å². The van der Waals surface area contributed by atoms with Crippen molar-refractivity contribution in [3.63, 3.8) is 0 Å². The summed E-state index contributed by atoms with van der Waals surface area (Å²) in [5.74, 6) is 2.33. The number of rotatable bonds is 2. The van der Waals surface area contributed by atoms with Crippen LogP contribution in [0, 0.1) is 11.8 Å². The molecule has 6 nitrogen and oxygen atoms in total. The number of nitrogens with one attached hydrogen (secondary N) is 2. The number of anilines is 1. The van der Waals surface area contributed by atoms with Crippen LogP contribution >= 0.6 is 0 Å². The molecule has 0 radical (unpaired) electrons. The monoisotopic (exact) mass is 236 g/mol. The summed E-state index contributed by atoms with van der Waals surface area (Å²) in [6.07, 6.45) is 1.44. The van der Waals surface area contributed by atoms with Gasteiger partial charge in [-0.1, -0.05) is 0 Å². The number of aromatic nitrogens is 2. The first-order chi connectivity index (χ1) is 8.29. The first kappa shape index (κ1) is 10.6. The van der Waals surface area contributed by atoms with Crippen molar-refractivity contribution in [2.75, 3.05) is 38.2 Å². The Morgan fingerprint density at radius 3 is 2.76 bits per heavy atom. The van der Waals surface area contributed by atoms with Crippen molar-refractivity contribution in [1.82, 2.24) is 15.3 Å². The van der Waals surface area contributed by atoms with Gasteiger partial charge in [0.05, 0.1) is 13.4 Å². The van der Waals surface area contributed by atoms with E-state index in [2.05, 4.69) is 20.2 Å². The summed E-state index contributed by atoms with van der Waals surface area (Å²) in [5.41, 5.74) is -0.215. The molecule has 0 aromatic carbocycles. The van der Waals surface area contributed by atoms with E-state index in [0.717, 1.165) is 26.2 Å². The van der Waals surface area contributed by atoms with Crippen molar-refractivity contribution in [3.05, 3.63) is 16.7 Å². The maximum atomic E-state index is 11.6. The maximum Gasteiger partial charge on any atom is 0.295 e. The van der Waals surface area contributed by atoms with Gasteiger partial charge in [0.25, 0.3) is 5.56 Å². The first-order valence-electron chi connectivity index (χ1n) is 5.87. The van der Waals surface area contributed by atoms with Gasteiger partial charge in [-0.3, -0.25) is 4.79 Å². The van der Waals surface area contributed by atoms with Crippen molar-refractivity contribution in [2.45, 2.75) is 0 Å². The van der Waals surface area contributed by atoms with Gasteiger partial charge in [0.1, 0.15) is 0 Å². The molecule has 2 aliphatic rings. The molecule has 17 heavy (non-hydrogen) atoms. The largest absolute Gasteiger partial charge is 0.489 e. The molecule has 2 N–H and O–H groups in total. The summed E-state index contributed by atoms with van der Waals surface area (Å²) >= 11 is 0. The van der Waals surface area contributed by atoms with Crippen LogP contribution in [0.3, 0.4) is 0 Å². The third kappa shape index (κ3) is 1.68. The third-order valence-electron chi connectivity index (χ3n) is 3.68. The standard InChI is InChI=1S/C11H16N4O2/c1-17-9-10(13-6-14-11(9)16)15-4-7-2-12-3-8(7)5-15/h6-8,12H,2-5H2,1H3,(H,13,14,16)/t7-,8+. The number of methoxy groups -OCH3 is 1. The lowest BCUT2D eigenvalue weighted by molar-refractivity contribution is 0.405. The zero-order valence-electron chi connectivity index (χ0n) is 9.77. The molecule has 0 bridgehead atoms. The number of nitrogens with zero attached hydrogens (tertiary/aromatic N) is 2. The van der Waals surface area contributed by atoms with Gasteiger partial charge in [-0.15, -0.1) is 0 Å². The molecule has 1 aromatic heterocycles. The highest BCUT2D eigenvalue weighted by molar-refractivity contribution is 5.51. The van der Waals surface area contributed by atoms with Crippen LogP contribution in [0.25, 0.3) is 0 Å². The van der Waals surface area contributed by atoms with Crippen LogP contribution in [0.1, 0.15) is 0 Å². The highest BCUT2D eigenvalue weighted by Gasteiger charge is 2.37. The molecule has 2 saturated heterocycles. The van der Waals surface area contributed by atoms with Crippen molar-refractivity contribution in [3.8, 4) is 5.75 Å². The van der Waals surface area contributed by atoms with E-state index in [4.69, 9.17) is 4.74 Å². The molecular formula is C11H16N4O2. The molecule has 0 spiro atoms. The van der Waals surface area contributed by atoms with Crippen LogP contribution in [0.4, 0.5) is 5.82 Å². The summed E-state index contributed by atoms with van der Waals surface area (Å²) in [4.78, 5) is 20.6. The van der Waals surface area contributed by atoms with Crippen LogP contribution in [0.15, 0.2) is 11.1 Å². The topological polar surface area (TPSA) is 70.2 Å². The van der Waals surface area contributed by atoms with Gasteiger partial charge < -0.3 is 19.9 Å². The Hall–Kier alpha value is -1.56. The fourth-order valence-electron chi connectivity index (χ4n) is 2.82. The quantitative estimate of drug-likeness (QED) is 0.720. The van der Waals surface area contributed by atoms with E-state index in [1.807, 2.05) is 0 Å². The van der Waals surface area contributed by atoms with Gasteiger partial charge in [0, 0.05) is 26.2 Å². The highest BCUT2D eigenvalue weighted by atomic mass is 16.5. The third-order valence-corrected chi connectivity index (χ3v) is 3.68. The average Bonchev–Trinajstić information content (AvgIpc) is 2.88. The van der Waals surface area contributed by atoms with Gasteiger partial charge in [0.2, 0.25) is 5.75 Å². The predicted molar refractivity (Wildman–Crippen MR) is 63.5 cm³/mol. The van der Waals surface area contributed by atoms with E-state index < -0.39 is 0 Å². The van der Waals surface area contributed by atoms with Gasteiger partial charge in [-0.05, 0) is 11.8 Å². The van der Waals surface area contributed by atoms with Crippen molar-refractivity contribution < 1.29 is 4.74 Å². The fraction of sp³-hybridized carbons (Fsp3) is 0.636. The number of H-pyrrole nitrogens is 1. The second-order valence-electron chi connectivity index (χ2n) is 4.67. The molecule has 3 heterocycles. The summed E-state index contributed by atoms with van der Waals surface area (Å²) in [6.45, 7) is 4.02. The first-order valence-corrected chi connectivity index (χ1v) is 5.87. The van der Waals surface area contributed by atoms with E-state index >= 15 is 0 Å². The second kappa shape index (κ2) is 4.03. The Labute approximate surface area is 99.0 Å². The molecule has 2 fully saturated rings. The molecular weight excluding hydrogens is 220 g/mol. The summed E-state index contributed by atoms with van der Waals surface area (Å²) in [6, 6.07) is 0. The minimum atomic E-state index is -0.215. The SMILES string of the molecule is COc1c(N2C[C@H]3CNC[C@H]3C2)nc[nH]c1=O. The minimum Gasteiger partial charge on any atom is -0.489 e. The maximum absolute atomic E-state index is 11.6. The van der Waals surface area contributed by atoms with Crippen LogP contribution in [0.5, 0.6) is 5.75 Å². The second-order valence-corrected chi connectivity index (χ2v) is 4.67. The van der Waals surface area contributed by atoms with Gasteiger partial charge in [0.15, 0.2) is 5.82 Å². The Morgan fingerprint density at radius 1 is 1.41 bits per heavy atom. The number of ether oxygens (including phenoxy) is 1. The molecule has 3 rings (SSSR count). The normalized spacial score (nSPS) is 27.2. The lowest BCUT2D eigenvalue weighted by atomic mass is 10.0. The van der Waals surface area contributed by atoms with Crippen molar-refractivity contribution in [2.24, 2.45) is 11.8 Å². The smallest absolute Gasteiger partial charge is 0.295 e. The van der Waals surface area contributed by atoms with Crippen molar-refractivity contribution in [1.29, 1.82) is 0 Å². The number of fused-ring (bicyclic) bond motifs is 1.